The van der Waals surface area contributed by atoms with Crippen LogP contribution in [0.15, 0.2) is 46.6 Å². The molecule has 1 amide bonds. The molecule has 1 saturated heterocycles. The molecule has 1 aromatic heterocycles. The van der Waals surface area contributed by atoms with Crippen LogP contribution in [0, 0.1) is 5.82 Å². The van der Waals surface area contributed by atoms with Crippen LogP contribution in [-0.4, -0.2) is 77.6 Å². The molecule has 12 heteroatoms. The summed E-state index contributed by atoms with van der Waals surface area (Å²) in [5, 5.41) is 4.23. The zero-order valence-corrected chi connectivity index (χ0v) is 25.5. The van der Waals surface area contributed by atoms with Gasteiger partial charge in [0.15, 0.2) is 0 Å². The molecule has 2 aliphatic rings. The average molecular weight is 621 g/mol. The summed E-state index contributed by atoms with van der Waals surface area (Å²) in [6, 6.07) is 6.07. The number of piperazine rings is 1. The number of halogens is 3. The Hall–Kier alpha value is -2.63. The molecule has 0 saturated carbocycles. The van der Waals surface area contributed by atoms with Crippen molar-refractivity contribution in [1.29, 1.82) is 0 Å². The van der Waals surface area contributed by atoms with Crippen LogP contribution in [0.3, 0.4) is 0 Å². The topological polar surface area (TPSA) is 79.7 Å². The second-order valence-electron chi connectivity index (χ2n) is 10.4. The van der Waals surface area contributed by atoms with Gasteiger partial charge < -0.3 is 19.9 Å². The van der Waals surface area contributed by atoms with E-state index in [9.17, 15) is 14.0 Å². The number of nitrogens with zero attached hydrogens (tertiary/aromatic N) is 4. The fourth-order valence-electron chi connectivity index (χ4n) is 5.73. The number of nitrogens with one attached hydrogen (secondary N) is 1. The lowest BCUT2D eigenvalue weighted by Gasteiger charge is -2.44. The van der Waals surface area contributed by atoms with Crippen LogP contribution in [0.5, 0.6) is 0 Å². The Labute approximate surface area is 252 Å². The molecule has 3 aromatic rings. The van der Waals surface area contributed by atoms with Gasteiger partial charge in [-0.2, -0.15) is 4.98 Å². The summed E-state index contributed by atoms with van der Waals surface area (Å²) in [4.78, 5) is 35.4. The first-order chi connectivity index (χ1) is 19.6. The van der Waals surface area contributed by atoms with E-state index in [-0.39, 0.29) is 29.1 Å². The summed E-state index contributed by atoms with van der Waals surface area (Å²) in [5.74, 6) is 0.447. The third-order valence-corrected chi connectivity index (χ3v) is 9.32. The van der Waals surface area contributed by atoms with Crippen molar-refractivity contribution in [3.8, 4) is 11.1 Å². The van der Waals surface area contributed by atoms with Crippen molar-refractivity contribution in [3.05, 3.63) is 63.3 Å². The molecule has 3 atom stereocenters. The monoisotopic (exact) mass is 619 g/mol. The Morgan fingerprint density at radius 2 is 1.95 bits per heavy atom. The summed E-state index contributed by atoms with van der Waals surface area (Å²) in [5.41, 5.74) is 1.63. The first kappa shape index (κ1) is 29.8. The molecule has 41 heavy (non-hydrogen) atoms. The molecule has 1 fully saturated rings. The maximum atomic E-state index is 14.1. The molecule has 0 radical (unpaired) electrons. The van der Waals surface area contributed by atoms with E-state index in [1.807, 2.05) is 31.9 Å². The lowest BCUT2D eigenvalue weighted by atomic mass is 10.0. The molecule has 3 heterocycles. The maximum absolute atomic E-state index is 14.1. The number of carbonyl (C=O) groups is 1. The van der Waals surface area contributed by atoms with Gasteiger partial charge in [-0.3, -0.25) is 9.36 Å². The number of carbonyl (C=O) groups excluding carboxylic acids is 1. The van der Waals surface area contributed by atoms with E-state index in [4.69, 9.17) is 27.9 Å². The molecule has 8 nitrogen and oxygen atoms in total. The third-order valence-electron chi connectivity index (χ3n) is 7.51. The second-order valence-corrected chi connectivity index (χ2v) is 12.2. The summed E-state index contributed by atoms with van der Waals surface area (Å²) in [6.07, 6.45) is 1.08. The standard InChI is InChI=1S/C29H32Cl2FN5O3S/c1-5-24(38)37-16(2)12-35(13-17(37)3)28-20-11-22(31)25(18-6-7-23(32)21(30)10-18)27-26(20)36(29(39)34-28)14-19(15-41-27)40-9-8-33-4/h5-7,10-11,16-17,19,33H,1,8-9,12-15H2,2-4H3/t16-,17+,19?. The highest BCUT2D eigenvalue weighted by Gasteiger charge is 2.35. The predicted octanol–water partition coefficient (Wildman–Crippen LogP) is 4.83. The predicted molar refractivity (Wildman–Crippen MR) is 164 cm³/mol. The Bertz CT molecular complexity index is 1560. The van der Waals surface area contributed by atoms with Crippen molar-refractivity contribution in [2.75, 3.05) is 43.9 Å². The van der Waals surface area contributed by atoms with Crippen LogP contribution >= 0.6 is 35.0 Å². The largest absolute Gasteiger partial charge is 0.374 e. The minimum Gasteiger partial charge on any atom is -0.374 e. The number of hydrogen-bond donors (Lipinski definition) is 1. The van der Waals surface area contributed by atoms with Crippen LogP contribution in [0.25, 0.3) is 22.0 Å². The smallest absolute Gasteiger partial charge is 0.350 e. The Morgan fingerprint density at radius 3 is 2.61 bits per heavy atom. The average Bonchev–Trinajstić information content (AvgIpc) is 3.12. The van der Waals surface area contributed by atoms with Crippen LogP contribution in [0.2, 0.25) is 10.0 Å². The molecule has 5 rings (SSSR count). The van der Waals surface area contributed by atoms with Gasteiger partial charge in [0.1, 0.15) is 11.6 Å². The minimum atomic E-state index is -0.524. The van der Waals surface area contributed by atoms with Crippen LogP contribution in [0.1, 0.15) is 13.8 Å². The van der Waals surface area contributed by atoms with Crippen molar-refractivity contribution in [3.63, 3.8) is 0 Å². The highest BCUT2D eigenvalue weighted by molar-refractivity contribution is 7.99. The van der Waals surface area contributed by atoms with Crippen LogP contribution < -0.4 is 15.9 Å². The SMILES string of the molecule is C=CC(=O)N1[C@H](C)CN(c2nc(=O)n3c4c(c(-c5ccc(F)c(Cl)c5)c(Cl)cc24)SCC(OCCNC)C3)C[C@@H]1C. The van der Waals surface area contributed by atoms with Crippen molar-refractivity contribution in [1.82, 2.24) is 19.8 Å². The summed E-state index contributed by atoms with van der Waals surface area (Å²) < 4.78 is 21.9. The van der Waals surface area contributed by atoms with E-state index < -0.39 is 11.5 Å². The van der Waals surface area contributed by atoms with Gasteiger partial charge in [-0.1, -0.05) is 35.8 Å². The van der Waals surface area contributed by atoms with Crippen LogP contribution in [0.4, 0.5) is 10.2 Å². The van der Waals surface area contributed by atoms with Crippen molar-refractivity contribution in [2.45, 2.75) is 43.5 Å². The number of benzene rings is 2. The van der Waals surface area contributed by atoms with Crippen molar-refractivity contribution in [2.24, 2.45) is 0 Å². The first-order valence-corrected chi connectivity index (χ1v) is 15.2. The summed E-state index contributed by atoms with van der Waals surface area (Å²) in [7, 11) is 1.86. The fraction of sp³-hybridized carbons (Fsp3) is 0.414. The highest BCUT2D eigenvalue weighted by atomic mass is 35.5. The van der Waals surface area contributed by atoms with E-state index in [1.165, 1.54) is 12.1 Å². The van der Waals surface area contributed by atoms with E-state index in [0.29, 0.717) is 66.0 Å². The molecule has 2 aromatic carbocycles. The number of aromatic nitrogens is 2. The zero-order chi connectivity index (χ0) is 29.4. The number of ether oxygens (including phenoxy) is 1. The van der Waals surface area contributed by atoms with E-state index in [1.54, 1.807) is 33.4 Å². The lowest BCUT2D eigenvalue weighted by molar-refractivity contribution is -0.130. The normalized spacial score (nSPS) is 20.8. The molecule has 1 unspecified atom stereocenters. The first-order valence-electron chi connectivity index (χ1n) is 13.5. The maximum Gasteiger partial charge on any atom is 0.350 e. The van der Waals surface area contributed by atoms with Gasteiger partial charge in [-0.15, -0.1) is 11.8 Å². The van der Waals surface area contributed by atoms with Crippen LogP contribution in [-0.2, 0) is 16.1 Å². The molecular weight excluding hydrogens is 588 g/mol. The third kappa shape index (κ3) is 5.72. The number of anilines is 1. The molecule has 1 N–H and O–H groups in total. The lowest BCUT2D eigenvalue weighted by Crippen LogP contribution is -2.58. The summed E-state index contributed by atoms with van der Waals surface area (Å²) >= 11 is 14.7. The second kappa shape index (κ2) is 12.3. The molecule has 0 bridgehead atoms. The number of amides is 1. The van der Waals surface area contributed by atoms with Gasteiger partial charge >= 0.3 is 5.69 Å². The van der Waals surface area contributed by atoms with Crippen molar-refractivity contribution >= 4 is 57.6 Å². The fourth-order valence-corrected chi connectivity index (χ4v) is 7.56. The van der Waals surface area contributed by atoms with E-state index in [2.05, 4.69) is 16.9 Å². The van der Waals surface area contributed by atoms with Gasteiger partial charge in [0.2, 0.25) is 5.91 Å². The quantitative estimate of drug-likeness (QED) is 0.300. The van der Waals surface area contributed by atoms with E-state index in [0.717, 1.165) is 10.3 Å². The van der Waals surface area contributed by atoms with Gasteiger partial charge in [-0.05, 0) is 50.7 Å². The Balaban J connectivity index is 1.69. The number of likely N-dealkylation sites (N-methyl/N-ethyl adjacent to an activating group) is 1. The molecule has 218 valence electrons. The number of hydrogen-bond acceptors (Lipinski definition) is 7. The van der Waals surface area contributed by atoms with Crippen molar-refractivity contribution < 1.29 is 13.9 Å². The van der Waals surface area contributed by atoms with Gasteiger partial charge in [0, 0.05) is 53.3 Å². The molecule has 2 aliphatic heterocycles. The molecule has 0 spiro atoms. The highest BCUT2D eigenvalue weighted by Crippen LogP contribution is 2.46. The molecular formula is C29H32Cl2FN5O3S. The van der Waals surface area contributed by atoms with E-state index >= 15 is 0 Å². The Morgan fingerprint density at radius 1 is 1.22 bits per heavy atom. The minimum absolute atomic E-state index is 0.0134. The summed E-state index contributed by atoms with van der Waals surface area (Å²) in [6.45, 7) is 10.1. The zero-order valence-electron chi connectivity index (χ0n) is 23.1. The Kier molecular flexibility index (Phi) is 8.96. The van der Waals surface area contributed by atoms with Gasteiger partial charge in [-0.25, -0.2) is 9.18 Å². The number of thioether (sulfide) groups is 1. The number of rotatable bonds is 7. The molecule has 0 aliphatic carbocycles. The van der Waals surface area contributed by atoms with Gasteiger partial charge in [0.05, 0.1) is 34.8 Å². The van der Waals surface area contributed by atoms with Gasteiger partial charge in [0.25, 0.3) is 0 Å².